The molecule has 4 rings (SSSR count). The highest BCUT2D eigenvalue weighted by atomic mass is 79.9. The standard InChI is InChI=1S/C9H17BO2.C9H14N2.C9H12N2.C6H7BrN2.4CH4/c1-7(2)10-11-8(3,4)9(5,6)12-10;2*1-6(2)8-4-5-11-7(3)9(8)10;1-4-6(8)5(7)2-3-9-4;;;;/h1H2,2-6H3;4-6H,10H2,1-3H3;4-5H,1,10H2,2-3H3;2-3H,8H2,1H3;4*1H4. The maximum atomic E-state index is 5.82. The normalized spacial score (nSPS) is 13.2. The molecule has 0 aromatic carbocycles. The van der Waals surface area contributed by atoms with Gasteiger partial charge in [-0.1, -0.05) is 55.6 Å². The average Bonchev–Trinajstić information content (AvgIpc) is 3.13. The summed E-state index contributed by atoms with van der Waals surface area (Å²) in [6.45, 7) is 29.6. The molecule has 0 radical (unpaired) electrons. The monoisotopic (exact) mass is 716 g/mol. The number of nitrogens with two attached hydrogens (primary N) is 3. The topological polar surface area (TPSA) is 135 Å². The molecule has 47 heavy (non-hydrogen) atoms. The third kappa shape index (κ3) is 14.6. The summed E-state index contributed by atoms with van der Waals surface area (Å²) in [5.74, 6) is 0.483. The van der Waals surface area contributed by atoms with E-state index in [1.165, 1.54) is 5.56 Å². The molecule has 8 nitrogen and oxygen atoms in total. The molecule has 1 saturated heterocycles. The first kappa shape index (κ1) is 50.6. The van der Waals surface area contributed by atoms with E-state index < -0.39 is 0 Å². The second-order valence-corrected chi connectivity index (χ2v) is 12.8. The van der Waals surface area contributed by atoms with Crippen molar-refractivity contribution >= 4 is 45.7 Å². The summed E-state index contributed by atoms with van der Waals surface area (Å²) >= 11 is 3.28. The zero-order chi connectivity index (χ0) is 33.3. The Kier molecular flexibility index (Phi) is 23.3. The number of anilines is 3. The van der Waals surface area contributed by atoms with Crippen LogP contribution in [0.5, 0.6) is 0 Å². The van der Waals surface area contributed by atoms with Crippen molar-refractivity contribution in [2.45, 2.75) is 123 Å². The molecule has 0 bridgehead atoms. The van der Waals surface area contributed by atoms with Crippen LogP contribution in [0.2, 0.25) is 0 Å². The molecule has 0 amide bonds. The number of allylic oxidation sites excluding steroid dienone is 2. The van der Waals surface area contributed by atoms with Gasteiger partial charge in [0.15, 0.2) is 0 Å². The Morgan fingerprint density at radius 2 is 1.11 bits per heavy atom. The van der Waals surface area contributed by atoms with E-state index in [4.69, 9.17) is 26.5 Å². The van der Waals surface area contributed by atoms with Crippen molar-refractivity contribution in [2.75, 3.05) is 17.2 Å². The smallest absolute Gasteiger partial charge is 0.400 e. The zero-order valence-corrected chi connectivity index (χ0v) is 29.4. The molecular weight excluding hydrogens is 651 g/mol. The van der Waals surface area contributed by atoms with E-state index in [9.17, 15) is 0 Å². The molecular formula is C37H66BBrN6O2. The lowest BCUT2D eigenvalue weighted by Gasteiger charge is -2.32. The fourth-order valence-corrected chi connectivity index (χ4v) is 4.05. The van der Waals surface area contributed by atoms with Gasteiger partial charge in [-0.15, -0.1) is 6.58 Å². The molecule has 1 aliphatic heterocycles. The van der Waals surface area contributed by atoms with Crippen LogP contribution in [0.4, 0.5) is 17.1 Å². The van der Waals surface area contributed by atoms with Crippen molar-refractivity contribution in [3.63, 3.8) is 0 Å². The number of halogens is 1. The van der Waals surface area contributed by atoms with E-state index in [1.54, 1.807) is 18.6 Å². The predicted octanol–water partition coefficient (Wildman–Crippen LogP) is 10.6. The molecule has 3 aromatic rings. The Morgan fingerprint density at radius 1 is 0.723 bits per heavy atom. The minimum absolute atomic E-state index is 0. The first-order chi connectivity index (χ1) is 19.7. The summed E-state index contributed by atoms with van der Waals surface area (Å²) < 4.78 is 12.3. The molecule has 0 spiro atoms. The number of aromatic nitrogens is 3. The summed E-state index contributed by atoms with van der Waals surface area (Å²) in [5.41, 5.74) is 25.7. The highest BCUT2D eigenvalue weighted by Gasteiger charge is 2.51. The number of aryl methyl sites for hydroxylation is 3. The summed E-state index contributed by atoms with van der Waals surface area (Å²) in [6, 6.07) is 5.68. The Bertz CT molecular complexity index is 1370. The average molecular weight is 718 g/mol. The molecule has 0 atom stereocenters. The van der Waals surface area contributed by atoms with E-state index in [2.05, 4.69) is 57.9 Å². The van der Waals surface area contributed by atoms with Crippen molar-refractivity contribution < 1.29 is 9.31 Å². The molecule has 266 valence electrons. The quantitative estimate of drug-likeness (QED) is 0.228. The van der Waals surface area contributed by atoms with Crippen molar-refractivity contribution in [3.05, 3.63) is 88.1 Å². The van der Waals surface area contributed by atoms with Gasteiger partial charge in [0.25, 0.3) is 0 Å². The van der Waals surface area contributed by atoms with Gasteiger partial charge in [-0.05, 0) is 113 Å². The first-order valence-corrected chi connectivity index (χ1v) is 15.0. The third-order valence-corrected chi connectivity index (χ3v) is 7.98. The predicted molar refractivity (Wildman–Crippen MR) is 214 cm³/mol. The van der Waals surface area contributed by atoms with Crippen molar-refractivity contribution in [1.82, 2.24) is 15.0 Å². The van der Waals surface area contributed by atoms with Gasteiger partial charge in [-0.3, -0.25) is 15.0 Å². The fourth-order valence-electron chi connectivity index (χ4n) is 3.64. The van der Waals surface area contributed by atoms with Crippen LogP contribution >= 0.6 is 15.9 Å². The van der Waals surface area contributed by atoms with E-state index in [-0.39, 0.29) is 48.0 Å². The van der Waals surface area contributed by atoms with Crippen LogP contribution in [0.25, 0.3) is 5.57 Å². The number of nitrogen functional groups attached to an aromatic ring is 3. The van der Waals surface area contributed by atoms with Crippen LogP contribution in [0, 0.1) is 20.8 Å². The van der Waals surface area contributed by atoms with Gasteiger partial charge >= 0.3 is 7.12 Å². The SMILES string of the molecule is C.C.C.C.C=C(C)B1OC(C)(C)C(C)(C)O1.C=C(C)c1ccnc(C)c1N.Cc1nccc(Br)c1N.Cc1nccc(C(C)C)c1N. The summed E-state index contributed by atoms with van der Waals surface area (Å²) in [7, 11) is -0.241. The molecule has 0 unspecified atom stereocenters. The van der Waals surface area contributed by atoms with Crippen LogP contribution in [-0.2, 0) is 9.31 Å². The molecule has 1 aliphatic rings. The lowest BCUT2D eigenvalue weighted by molar-refractivity contribution is 0.00578. The van der Waals surface area contributed by atoms with Crippen LogP contribution in [0.15, 0.2) is 59.9 Å². The van der Waals surface area contributed by atoms with E-state index in [0.717, 1.165) is 55.2 Å². The van der Waals surface area contributed by atoms with Gasteiger partial charge in [0, 0.05) is 28.6 Å². The highest BCUT2D eigenvalue weighted by Crippen LogP contribution is 2.38. The summed E-state index contributed by atoms with van der Waals surface area (Å²) in [4.78, 5) is 12.1. The van der Waals surface area contributed by atoms with Crippen LogP contribution < -0.4 is 17.2 Å². The Balaban J connectivity index is -0.000000256. The Labute approximate surface area is 297 Å². The van der Waals surface area contributed by atoms with Gasteiger partial charge in [0.05, 0.1) is 45.3 Å². The van der Waals surface area contributed by atoms with Crippen LogP contribution in [0.3, 0.4) is 0 Å². The molecule has 6 N–H and O–H groups in total. The van der Waals surface area contributed by atoms with Gasteiger partial charge in [-0.25, -0.2) is 0 Å². The van der Waals surface area contributed by atoms with E-state index in [1.807, 2.05) is 80.5 Å². The van der Waals surface area contributed by atoms with Crippen LogP contribution in [0.1, 0.15) is 119 Å². The van der Waals surface area contributed by atoms with Crippen LogP contribution in [-0.4, -0.2) is 33.3 Å². The zero-order valence-electron chi connectivity index (χ0n) is 27.8. The summed E-state index contributed by atoms with van der Waals surface area (Å²) in [6.07, 6.45) is 5.27. The molecule has 4 heterocycles. The van der Waals surface area contributed by atoms with Gasteiger partial charge < -0.3 is 26.5 Å². The molecule has 1 fully saturated rings. The lowest BCUT2D eigenvalue weighted by Crippen LogP contribution is -2.41. The minimum Gasteiger partial charge on any atom is -0.400 e. The molecule has 0 saturated carbocycles. The highest BCUT2D eigenvalue weighted by molar-refractivity contribution is 9.10. The summed E-state index contributed by atoms with van der Waals surface area (Å²) in [5, 5.41) is 0. The van der Waals surface area contributed by atoms with E-state index in [0.29, 0.717) is 5.92 Å². The van der Waals surface area contributed by atoms with Gasteiger partial charge in [0.2, 0.25) is 0 Å². The van der Waals surface area contributed by atoms with E-state index >= 15 is 0 Å². The van der Waals surface area contributed by atoms with Crippen molar-refractivity contribution in [3.8, 4) is 0 Å². The number of hydrogen-bond acceptors (Lipinski definition) is 8. The van der Waals surface area contributed by atoms with Gasteiger partial charge in [0.1, 0.15) is 0 Å². The second-order valence-electron chi connectivity index (χ2n) is 11.9. The first-order valence-electron chi connectivity index (χ1n) is 14.2. The lowest BCUT2D eigenvalue weighted by atomic mass is 9.81. The fraction of sp³-hybridized carbons (Fsp3) is 0.486. The van der Waals surface area contributed by atoms with Crippen molar-refractivity contribution in [1.29, 1.82) is 0 Å². The maximum Gasteiger partial charge on any atom is 0.489 e. The molecule has 10 heteroatoms. The Hall–Kier alpha value is -3.21. The number of hydrogen-bond donors (Lipinski definition) is 3. The van der Waals surface area contributed by atoms with Crippen molar-refractivity contribution in [2.24, 2.45) is 0 Å². The largest absolute Gasteiger partial charge is 0.489 e. The third-order valence-electron chi connectivity index (χ3n) is 7.29. The molecule has 3 aromatic heterocycles. The number of nitrogens with zero attached hydrogens (tertiary/aromatic N) is 3. The second kappa shape index (κ2) is 21.6. The number of rotatable bonds is 3. The number of pyridine rings is 3. The Morgan fingerprint density at radius 3 is 1.40 bits per heavy atom. The molecule has 0 aliphatic carbocycles. The maximum absolute atomic E-state index is 5.82. The van der Waals surface area contributed by atoms with Gasteiger partial charge in [-0.2, -0.15) is 0 Å². The minimum atomic E-state index is -0.241.